The van der Waals surface area contributed by atoms with Crippen molar-refractivity contribution in [2.75, 3.05) is 19.6 Å². The van der Waals surface area contributed by atoms with Gasteiger partial charge in [0, 0.05) is 13.1 Å². The molecule has 0 radical (unpaired) electrons. The molecule has 0 amide bonds. The van der Waals surface area contributed by atoms with Gasteiger partial charge in [0.05, 0.1) is 13.0 Å². The van der Waals surface area contributed by atoms with E-state index in [0.29, 0.717) is 19.6 Å². The zero-order valence-electron chi connectivity index (χ0n) is 7.82. The number of rotatable bonds is 7. The molecule has 13 heavy (non-hydrogen) atoms. The molecule has 0 aliphatic heterocycles. The molecule has 74 valence electrons. The standard InChI is InChI=1S/C9H15NO3/c1-3-5-10(7-8(2)11)6-4-9(12)13/h3H,1,4-7H2,2H3,(H,12,13). The number of carboxylic acid groups (broad SMARTS) is 1. The monoisotopic (exact) mass is 185 g/mol. The van der Waals surface area contributed by atoms with Gasteiger partial charge in [-0.3, -0.25) is 14.5 Å². The fraction of sp³-hybridized carbons (Fsp3) is 0.556. The van der Waals surface area contributed by atoms with E-state index in [1.54, 1.807) is 11.0 Å². The van der Waals surface area contributed by atoms with Crippen LogP contribution in [0.5, 0.6) is 0 Å². The van der Waals surface area contributed by atoms with E-state index in [1.807, 2.05) is 0 Å². The predicted octanol–water partition coefficient (Wildman–Crippen LogP) is 0.538. The Morgan fingerprint density at radius 1 is 1.54 bits per heavy atom. The van der Waals surface area contributed by atoms with Gasteiger partial charge < -0.3 is 5.11 Å². The first kappa shape index (κ1) is 11.8. The number of hydrogen-bond donors (Lipinski definition) is 1. The highest BCUT2D eigenvalue weighted by molar-refractivity contribution is 5.77. The summed E-state index contributed by atoms with van der Waals surface area (Å²) in [7, 11) is 0. The molecular weight excluding hydrogens is 170 g/mol. The number of hydrogen-bond acceptors (Lipinski definition) is 3. The first-order valence-corrected chi connectivity index (χ1v) is 4.10. The summed E-state index contributed by atoms with van der Waals surface area (Å²) in [4.78, 5) is 22.8. The van der Waals surface area contributed by atoms with E-state index in [-0.39, 0.29) is 12.2 Å². The van der Waals surface area contributed by atoms with Crippen molar-refractivity contribution in [2.24, 2.45) is 0 Å². The molecule has 0 aliphatic carbocycles. The summed E-state index contributed by atoms with van der Waals surface area (Å²) in [6, 6.07) is 0. The number of ketones is 1. The van der Waals surface area contributed by atoms with Crippen LogP contribution >= 0.6 is 0 Å². The number of carbonyl (C=O) groups is 2. The lowest BCUT2D eigenvalue weighted by Crippen LogP contribution is -2.31. The third-order valence-corrected chi connectivity index (χ3v) is 1.48. The third kappa shape index (κ3) is 7.21. The average molecular weight is 185 g/mol. The molecule has 0 unspecified atom stereocenters. The summed E-state index contributed by atoms with van der Waals surface area (Å²) in [5.74, 6) is -0.815. The first-order chi connectivity index (χ1) is 6.06. The van der Waals surface area contributed by atoms with Crippen LogP contribution in [0.3, 0.4) is 0 Å². The molecule has 0 aromatic heterocycles. The number of aliphatic carboxylic acids is 1. The number of carbonyl (C=O) groups excluding carboxylic acids is 1. The predicted molar refractivity (Wildman–Crippen MR) is 49.6 cm³/mol. The Labute approximate surface area is 77.8 Å². The molecule has 4 nitrogen and oxygen atoms in total. The Hall–Kier alpha value is -1.16. The lowest BCUT2D eigenvalue weighted by molar-refractivity contribution is -0.137. The van der Waals surface area contributed by atoms with Crippen LogP contribution in [0.25, 0.3) is 0 Å². The minimum absolute atomic E-state index is 0.0345. The van der Waals surface area contributed by atoms with Crippen molar-refractivity contribution in [2.45, 2.75) is 13.3 Å². The van der Waals surface area contributed by atoms with Crippen LogP contribution in [0.15, 0.2) is 12.7 Å². The number of carboxylic acids is 1. The van der Waals surface area contributed by atoms with Gasteiger partial charge in [-0.15, -0.1) is 6.58 Å². The molecule has 0 aromatic carbocycles. The molecule has 0 aromatic rings. The molecule has 1 N–H and O–H groups in total. The second-order valence-electron chi connectivity index (χ2n) is 2.87. The Kier molecular flexibility index (Phi) is 5.80. The SMILES string of the molecule is C=CCN(CCC(=O)O)CC(C)=O. The molecule has 0 spiro atoms. The van der Waals surface area contributed by atoms with E-state index in [1.165, 1.54) is 6.92 Å². The molecule has 4 heteroatoms. The van der Waals surface area contributed by atoms with Crippen molar-refractivity contribution < 1.29 is 14.7 Å². The summed E-state index contributed by atoms with van der Waals surface area (Å²) in [6.07, 6.45) is 1.71. The van der Waals surface area contributed by atoms with Crippen LogP contribution in [0.4, 0.5) is 0 Å². The topological polar surface area (TPSA) is 57.6 Å². The normalized spacial score (nSPS) is 10.0. The second-order valence-corrected chi connectivity index (χ2v) is 2.87. The Morgan fingerprint density at radius 3 is 2.54 bits per heavy atom. The Bertz CT molecular complexity index is 201. The van der Waals surface area contributed by atoms with E-state index in [9.17, 15) is 9.59 Å². The van der Waals surface area contributed by atoms with Crippen LogP contribution in [0.1, 0.15) is 13.3 Å². The lowest BCUT2D eigenvalue weighted by atomic mass is 10.3. The fourth-order valence-corrected chi connectivity index (χ4v) is 0.986. The zero-order valence-corrected chi connectivity index (χ0v) is 7.82. The minimum atomic E-state index is -0.849. The van der Waals surface area contributed by atoms with E-state index in [4.69, 9.17) is 5.11 Å². The van der Waals surface area contributed by atoms with Crippen molar-refractivity contribution >= 4 is 11.8 Å². The van der Waals surface area contributed by atoms with Crippen molar-refractivity contribution in [3.8, 4) is 0 Å². The van der Waals surface area contributed by atoms with Gasteiger partial charge in [-0.25, -0.2) is 0 Å². The maximum atomic E-state index is 10.8. The summed E-state index contributed by atoms with van der Waals surface area (Å²) < 4.78 is 0. The zero-order chi connectivity index (χ0) is 10.3. The molecule has 0 rings (SSSR count). The van der Waals surface area contributed by atoms with Gasteiger partial charge in [0.1, 0.15) is 5.78 Å². The van der Waals surface area contributed by atoms with Crippen molar-refractivity contribution in [1.82, 2.24) is 4.90 Å². The molecule has 0 saturated carbocycles. The molecule has 0 saturated heterocycles. The number of nitrogens with zero attached hydrogens (tertiary/aromatic N) is 1. The summed E-state index contributed by atoms with van der Waals surface area (Å²) >= 11 is 0. The van der Waals surface area contributed by atoms with Crippen LogP contribution in [0, 0.1) is 0 Å². The van der Waals surface area contributed by atoms with Crippen molar-refractivity contribution in [3.63, 3.8) is 0 Å². The molecule has 0 aliphatic rings. The van der Waals surface area contributed by atoms with E-state index >= 15 is 0 Å². The van der Waals surface area contributed by atoms with Gasteiger partial charge in [-0.2, -0.15) is 0 Å². The minimum Gasteiger partial charge on any atom is -0.481 e. The summed E-state index contributed by atoms with van der Waals surface area (Å²) in [5.41, 5.74) is 0. The molecular formula is C9H15NO3. The Morgan fingerprint density at radius 2 is 2.15 bits per heavy atom. The highest BCUT2D eigenvalue weighted by Gasteiger charge is 2.07. The highest BCUT2D eigenvalue weighted by Crippen LogP contribution is 1.92. The van der Waals surface area contributed by atoms with Crippen LogP contribution in [0.2, 0.25) is 0 Å². The molecule has 0 bridgehead atoms. The van der Waals surface area contributed by atoms with Gasteiger partial charge in [-0.1, -0.05) is 6.08 Å². The maximum absolute atomic E-state index is 10.8. The molecule has 0 heterocycles. The molecule has 0 atom stereocenters. The van der Waals surface area contributed by atoms with Crippen molar-refractivity contribution in [1.29, 1.82) is 0 Å². The number of Topliss-reactive ketones (excluding diaryl/α,β-unsaturated/α-hetero) is 1. The van der Waals surface area contributed by atoms with Gasteiger partial charge in [0.15, 0.2) is 0 Å². The summed E-state index contributed by atoms with van der Waals surface area (Å²) in [6.45, 7) is 6.25. The lowest BCUT2D eigenvalue weighted by Gasteiger charge is -2.17. The second kappa shape index (κ2) is 6.37. The largest absolute Gasteiger partial charge is 0.481 e. The van der Waals surface area contributed by atoms with E-state index in [2.05, 4.69) is 6.58 Å². The van der Waals surface area contributed by atoms with Crippen LogP contribution in [-0.4, -0.2) is 41.4 Å². The average Bonchev–Trinajstić information content (AvgIpc) is 1.99. The summed E-state index contributed by atoms with van der Waals surface area (Å²) in [5, 5.41) is 8.43. The van der Waals surface area contributed by atoms with Crippen molar-refractivity contribution in [3.05, 3.63) is 12.7 Å². The van der Waals surface area contributed by atoms with Gasteiger partial charge >= 0.3 is 5.97 Å². The van der Waals surface area contributed by atoms with Crippen LogP contribution in [-0.2, 0) is 9.59 Å². The first-order valence-electron chi connectivity index (χ1n) is 4.10. The van der Waals surface area contributed by atoms with E-state index in [0.717, 1.165) is 0 Å². The maximum Gasteiger partial charge on any atom is 0.304 e. The van der Waals surface area contributed by atoms with Gasteiger partial charge in [0.2, 0.25) is 0 Å². The van der Waals surface area contributed by atoms with Crippen LogP contribution < -0.4 is 0 Å². The van der Waals surface area contributed by atoms with Gasteiger partial charge in [0.25, 0.3) is 0 Å². The molecule has 0 fully saturated rings. The van der Waals surface area contributed by atoms with E-state index < -0.39 is 5.97 Å². The van der Waals surface area contributed by atoms with Gasteiger partial charge in [-0.05, 0) is 6.92 Å². The smallest absolute Gasteiger partial charge is 0.304 e. The fourth-order valence-electron chi connectivity index (χ4n) is 0.986. The third-order valence-electron chi connectivity index (χ3n) is 1.48. The highest BCUT2D eigenvalue weighted by atomic mass is 16.4. The quantitative estimate of drug-likeness (QED) is 0.588. The Balaban J connectivity index is 3.85.